The van der Waals surface area contributed by atoms with Gasteiger partial charge in [0.05, 0.1) is 0 Å². The van der Waals surface area contributed by atoms with Gasteiger partial charge in [-0.15, -0.1) is 24.0 Å². The SMILES string of the molecule is CCN(CC)CCOc1ccc(CNC(=NC)NCC2CCCN2CC)cc1.I. The normalized spacial score (nSPS) is 17.3. The van der Waals surface area contributed by atoms with Crippen LogP contribution in [0.15, 0.2) is 29.3 Å². The van der Waals surface area contributed by atoms with E-state index in [1.807, 2.05) is 19.2 Å². The molecule has 2 rings (SSSR count). The number of likely N-dealkylation sites (N-methyl/N-ethyl adjacent to an activating group) is 2. The van der Waals surface area contributed by atoms with Gasteiger partial charge in [0.1, 0.15) is 12.4 Å². The smallest absolute Gasteiger partial charge is 0.191 e. The highest BCUT2D eigenvalue weighted by molar-refractivity contribution is 14.0. The van der Waals surface area contributed by atoms with E-state index >= 15 is 0 Å². The molecule has 0 radical (unpaired) electrons. The molecule has 1 saturated heterocycles. The van der Waals surface area contributed by atoms with E-state index in [0.717, 1.165) is 57.6 Å². The van der Waals surface area contributed by atoms with Crippen LogP contribution in [0.25, 0.3) is 0 Å². The molecule has 1 fully saturated rings. The van der Waals surface area contributed by atoms with Gasteiger partial charge in [0.15, 0.2) is 5.96 Å². The van der Waals surface area contributed by atoms with Crippen molar-refractivity contribution in [2.75, 3.05) is 52.9 Å². The number of likely N-dealkylation sites (tertiary alicyclic amines) is 1. The average Bonchev–Trinajstić information content (AvgIpc) is 3.20. The summed E-state index contributed by atoms with van der Waals surface area (Å²) in [4.78, 5) is 9.26. The van der Waals surface area contributed by atoms with Gasteiger partial charge in [0, 0.05) is 32.7 Å². The Morgan fingerprint density at radius 3 is 2.52 bits per heavy atom. The highest BCUT2D eigenvalue weighted by Gasteiger charge is 2.22. The van der Waals surface area contributed by atoms with E-state index in [1.165, 1.54) is 24.9 Å². The number of rotatable bonds is 11. The quantitative estimate of drug-likeness (QED) is 0.268. The van der Waals surface area contributed by atoms with Crippen LogP contribution in [0.2, 0.25) is 0 Å². The number of aliphatic imine (C=N–C) groups is 1. The molecule has 2 N–H and O–H groups in total. The third-order valence-corrected chi connectivity index (χ3v) is 5.59. The molecule has 1 atom stereocenters. The molecule has 0 amide bonds. The molecule has 0 saturated carbocycles. The minimum atomic E-state index is 0. The summed E-state index contributed by atoms with van der Waals surface area (Å²) in [6, 6.07) is 8.95. The maximum absolute atomic E-state index is 5.86. The molecule has 1 aromatic rings. The number of halogens is 1. The van der Waals surface area contributed by atoms with Crippen LogP contribution in [0.5, 0.6) is 5.75 Å². The molecule has 7 heteroatoms. The Hall–Kier alpha value is -1.06. The van der Waals surface area contributed by atoms with Gasteiger partial charge < -0.3 is 20.3 Å². The topological polar surface area (TPSA) is 52.1 Å². The molecule has 0 bridgehead atoms. The number of nitrogens with zero attached hydrogens (tertiary/aromatic N) is 3. The second-order valence-electron chi connectivity index (χ2n) is 7.25. The first-order valence-electron chi connectivity index (χ1n) is 10.8. The highest BCUT2D eigenvalue weighted by atomic mass is 127. The molecule has 1 aromatic carbocycles. The number of guanidine groups is 1. The fraction of sp³-hybridized carbons (Fsp3) is 0.682. The van der Waals surface area contributed by atoms with Crippen molar-refractivity contribution in [1.29, 1.82) is 0 Å². The van der Waals surface area contributed by atoms with E-state index in [1.54, 1.807) is 0 Å². The largest absolute Gasteiger partial charge is 0.492 e. The summed E-state index contributed by atoms with van der Waals surface area (Å²) < 4.78 is 5.86. The van der Waals surface area contributed by atoms with Gasteiger partial charge in [-0.1, -0.05) is 32.9 Å². The molecule has 1 unspecified atom stereocenters. The lowest BCUT2D eigenvalue weighted by Crippen LogP contribution is -2.44. The summed E-state index contributed by atoms with van der Waals surface area (Å²) in [6.07, 6.45) is 2.57. The van der Waals surface area contributed by atoms with Crippen molar-refractivity contribution in [1.82, 2.24) is 20.4 Å². The van der Waals surface area contributed by atoms with E-state index in [9.17, 15) is 0 Å². The number of hydrogen-bond acceptors (Lipinski definition) is 4. The second kappa shape index (κ2) is 14.8. The Bertz CT molecular complexity index is 577. The second-order valence-corrected chi connectivity index (χ2v) is 7.25. The molecule has 0 aromatic heterocycles. The Kier molecular flexibility index (Phi) is 13.3. The minimum absolute atomic E-state index is 0. The summed E-state index contributed by atoms with van der Waals surface area (Å²) in [5.74, 6) is 1.79. The Labute approximate surface area is 194 Å². The molecule has 6 nitrogen and oxygen atoms in total. The van der Waals surface area contributed by atoms with Crippen molar-refractivity contribution < 1.29 is 4.74 Å². The van der Waals surface area contributed by atoms with Crippen molar-refractivity contribution in [3.63, 3.8) is 0 Å². The highest BCUT2D eigenvalue weighted by Crippen LogP contribution is 2.15. The lowest BCUT2D eigenvalue weighted by molar-refractivity contribution is 0.223. The molecule has 0 aliphatic carbocycles. The van der Waals surface area contributed by atoms with Gasteiger partial charge in [-0.3, -0.25) is 9.89 Å². The van der Waals surface area contributed by atoms with E-state index in [4.69, 9.17) is 4.74 Å². The van der Waals surface area contributed by atoms with Gasteiger partial charge in [-0.2, -0.15) is 0 Å². The monoisotopic (exact) mass is 517 g/mol. The van der Waals surface area contributed by atoms with E-state index < -0.39 is 0 Å². The lowest BCUT2D eigenvalue weighted by Gasteiger charge is -2.24. The lowest BCUT2D eigenvalue weighted by atomic mass is 10.2. The number of ether oxygens (including phenoxy) is 1. The van der Waals surface area contributed by atoms with Crippen LogP contribution in [0.1, 0.15) is 39.2 Å². The maximum Gasteiger partial charge on any atom is 0.191 e. The number of nitrogens with one attached hydrogen (secondary N) is 2. The molecule has 166 valence electrons. The summed E-state index contributed by atoms with van der Waals surface area (Å²) in [5.41, 5.74) is 1.22. The van der Waals surface area contributed by atoms with Gasteiger partial charge in [0.25, 0.3) is 0 Å². The predicted molar refractivity (Wildman–Crippen MR) is 134 cm³/mol. The van der Waals surface area contributed by atoms with Gasteiger partial charge in [-0.25, -0.2) is 0 Å². The summed E-state index contributed by atoms with van der Waals surface area (Å²) >= 11 is 0. The molecular weight excluding hydrogens is 477 g/mol. The molecule has 0 spiro atoms. The molecule has 1 aliphatic heterocycles. The van der Waals surface area contributed by atoms with E-state index in [2.05, 4.69) is 58.3 Å². The molecular formula is C22H40IN5O. The zero-order valence-electron chi connectivity index (χ0n) is 18.6. The number of hydrogen-bond donors (Lipinski definition) is 2. The van der Waals surface area contributed by atoms with Crippen LogP contribution >= 0.6 is 24.0 Å². The Balaban J connectivity index is 0.00000420. The minimum Gasteiger partial charge on any atom is -0.492 e. The summed E-state index contributed by atoms with van der Waals surface area (Å²) in [7, 11) is 1.83. The van der Waals surface area contributed by atoms with Crippen molar-refractivity contribution in [2.24, 2.45) is 4.99 Å². The van der Waals surface area contributed by atoms with Crippen LogP contribution in [0.3, 0.4) is 0 Å². The Morgan fingerprint density at radius 1 is 1.17 bits per heavy atom. The van der Waals surface area contributed by atoms with Crippen LogP contribution in [0.4, 0.5) is 0 Å². The standard InChI is InChI=1S/C22H39N5O.HI/c1-5-26(6-2)15-16-28-21-12-10-19(11-13-21)17-24-22(23-4)25-18-20-9-8-14-27(20)7-3;/h10-13,20H,5-9,14-18H2,1-4H3,(H2,23,24,25);1H. The van der Waals surface area contributed by atoms with Crippen LogP contribution in [0, 0.1) is 0 Å². The van der Waals surface area contributed by atoms with Crippen molar-refractivity contribution in [3.8, 4) is 5.75 Å². The first kappa shape index (κ1) is 26.0. The van der Waals surface area contributed by atoms with Crippen LogP contribution < -0.4 is 15.4 Å². The zero-order valence-corrected chi connectivity index (χ0v) is 20.9. The fourth-order valence-corrected chi connectivity index (χ4v) is 3.70. The first-order chi connectivity index (χ1) is 13.7. The molecule has 29 heavy (non-hydrogen) atoms. The van der Waals surface area contributed by atoms with Gasteiger partial charge in [0.2, 0.25) is 0 Å². The van der Waals surface area contributed by atoms with Gasteiger partial charge in [-0.05, 0) is 56.7 Å². The van der Waals surface area contributed by atoms with Gasteiger partial charge >= 0.3 is 0 Å². The maximum atomic E-state index is 5.86. The van der Waals surface area contributed by atoms with E-state index in [-0.39, 0.29) is 24.0 Å². The van der Waals surface area contributed by atoms with Crippen molar-refractivity contribution in [2.45, 2.75) is 46.2 Å². The fourth-order valence-electron chi connectivity index (χ4n) is 3.70. The predicted octanol–water partition coefficient (Wildman–Crippen LogP) is 3.17. The summed E-state index contributed by atoms with van der Waals surface area (Å²) in [6.45, 7) is 14.5. The third kappa shape index (κ3) is 9.09. The first-order valence-corrected chi connectivity index (χ1v) is 10.8. The number of benzene rings is 1. The van der Waals surface area contributed by atoms with Crippen molar-refractivity contribution >= 4 is 29.9 Å². The van der Waals surface area contributed by atoms with Crippen LogP contribution in [-0.2, 0) is 6.54 Å². The third-order valence-electron chi connectivity index (χ3n) is 5.59. The zero-order chi connectivity index (χ0) is 20.2. The van der Waals surface area contributed by atoms with Crippen molar-refractivity contribution in [3.05, 3.63) is 29.8 Å². The molecule has 1 aliphatic rings. The summed E-state index contributed by atoms with van der Waals surface area (Å²) in [5, 5.41) is 6.88. The Morgan fingerprint density at radius 2 is 1.90 bits per heavy atom. The van der Waals surface area contributed by atoms with Crippen LogP contribution in [-0.4, -0.2) is 74.7 Å². The molecule has 1 heterocycles. The van der Waals surface area contributed by atoms with E-state index in [0.29, 0.717) is 6.04 Å². The average molecular weight is 518 g/mol.